The maximum absolute atomic E-state index is 4.73. The molecule has 5 nitrogen and oxygen atoms in total. The zero-order valence-electron chi connectivity index (χ0n) is 15.3. The third kappa shape index (κ3) is 5.20. The second-order valence-corrected chi connectivity index (χ2v) is 7.10. The average molecular weight is 368 g/mol. The molecule has 136 valence electrons. The Labute approximate surface area is 158 Å². The molecule has 0 aliphatic rings. The third-order valence-electron chi connectivity index (χ3n) is 4.04. The Hall–Kier alpha value is -2.60. The van der Waals surface area contributed by atoms with Crippen molar-refractivity contribution in [2.45, 2.75) is 33.5 Å². The number of thiophene rings is 1. The van der Waals surface area contributed by atoms with Gasteiger partial charge in [0.2, 0.25) is 0 Å². The third-order valence-corrected chi connectivity index (χ3v) is 5.07. The lowest BCUT2D eigenvalue weighted by atomic mass is 10.1. The molecule has 2 aromatic heterocycles. The Kier molecular flexibility index (Phi) is 6.44. The summed E-state index contributed by atoms with van der Waals surface area (Å²) in [5, 5.41) is 13.1. The van der Waals surface area contributed by atoms with Crippen molar-refractivity contribution in [2.75, 3.05) is 6.54 Å². The van der Waals surface area contributed by atoms with Crippen LogP contribution in [0.1, 0.15) is 28.5 Å². The van der Waals surface area contributed by atoms with Crippen LogP contribution in [0.2, 0.25) is 0 Å². The minimum absolute atomic E-state index is 0.645. The van der Waals surface area contributed by atoms with Crippen molar-refractivity contribution in [1.82, 2.24) is 20.4 Å². The van der Waals surface area contributed by atoms with E-state index in [2.05, 4.69) is 65.3 Å². The van der Waals surface area contributed by atoms with Crippen LogP contribution in [-0.2, 0) is 19.6 Å². The maximum atomic E-state index is 4.73. The summed E-state index contributed by atoms with van der Waals surface area (Å²) in [6.07, 6.45) is 3.78. The molecular weight excluding hydrogens is 342 g/mol. The van der Waals surface area contributed by atoms with Gasteiger partial charge in [-0.25, -0.2) is 4.99 Å². The summed E-state index contributed by atoms with van der Waals surface area (Å²) >= 11 is 1.77. The molecule has 0 amide bonds. The van der Waals surface area contributed by atoms with E-state index in [1.807, 2.05) is 16.9 Å². The van der Waals surface area contributed by atoms with Crippen molar-refractivity contribution in [2.24, 2.45) is 4.99 Å². The van der Waals surface area contributed by atoms with Gasteiger partial charge in [0, 0.05) is 23.8 Å². The standard InChI is InChI=1S/C20H25N5S/c1-3-21-20(23-14-19-16(2)8-11-26-19)22-13-17-6-4-7-18(12-17)15-25-10-5-9-24-25/h4-12H,3,13-15H2,1-2H3,(H2,21,22,23). The number of rotatable bonds is 7. The lowest BCUT2D eigenvalue weighted by Crippen LogP contribution is -2.36. The molecule has 0 aliphatic carbocycles. The van der Waals surface area contributed by atoms with Gasteiger partial charge >= 0.3 is 0 Å². The first-order valence-electron chi connectivity index (χ1n) is 8.85. The highest BCUT2D eigenvalue weighted by molar-refractivity contribution is 7.10. The smallest absolute Gasteiger partial charge is 0.191 e. The largest absolute Gasteiger partial charge is 0.357 e. The molecule has 0 saturated heterocycles. The molecule has 0 unspecified atom stereocenters. The molecule has 26 heavy (non-hydrogen) atoms. The number of guanidine groups is 1. The minimum Gasteiger partial charge on any atom is -0.357 e. The van der Waals surface area contributed by atoms with E-state index >= 15 is 0 Å². The van der Waals surface area contributed by atoms with Crippen molar-refractivity contribution >= 4 is 17.3 Å². The number of aliphatic imine (C=N–C) groups is 1. The summed E-state index contributed by atoms with van der Waals surface area (Å²) in [6.45, 7) is 7.29. The predicted molar refractivity (Wildman–Crippen MR) is 108 cm³/mol. The van der Waals surface area contributed by atoms with Gasteiger partial charge in [0.25, 0.3) is 0 Å². The van der Waals surface area contributed by atoms with Gasteiger partial charge in [0.1, 0.15) is 0 Å². The van der Waals surface area contributed by atoms with Crippen LogP contribution in [0.15, 0.2) is 59.2 Å². The number of hydrogen-bond acceptors (Lipinski definition) is 3. The summed E-state index contributed by atoms with van der Waals surface area (Å²) < 4.78 is 1.93. The highest BCUT2D eigenvalue weighted by Crippen LogP contribution is 2.14. The van der Waals surface area contributed by atoms with E-state index in [1.54, 1.807) is 17.5 Å². The number of aryl methyl sites for hydroxylation is 1. The van der Waals surface area contributed by atoms with Crippen LogP contribution >= 0.6 is 11.3 Å². The van der Waals surface area contributed by atoms with Gasteiger partial charge in [-0.15, -0.1) is 11.3 Å². The summed E-state index contributed by atoms with van der Waals surface area (Å²) in [6, 6.07) is 12.6. The summed E-state index contributed by atoms with van der Waals surface area (Å²) in [4.78, 5) is 6.07. The van der Waals surface area contributed by atoms with Gasteiger partial charge in [-0.1, -0.05) is 24.3 Å². The van der Waals surface area contributed by atoms with Crippen LogP contribution in [-0.4, -0.2) is 22.3 Å². The first-order valence-corrected chi connectivity index (χ1v) is 9.73. The van der Waals surface area contributed by atoms with E-state index in [4.69, 9.17) is 4.99 Å². The normalized spacial score (nSPS) is 11.5. The molecule has 3 aromatic rings. The lowest BCUT2D eigenvalue weighted by molar-refractivity contribution is 0.686. The van der Waals surface area contributed by atoms with Crippen molar-refractivity contribution in [3.05, 3.63) is 75.7 Å². The Morgan fingerprint density at radius 1 is 1.19 bits per heavy atom. The zero-order valence-corrected chi connectivity index (χ0v) is 16.1. The quantitative estimate of drug-likeness (QED) is 0.496. The first kappa shape index (κ1) is 18.2. The molecule has 1 aromatic carbocycles. The SMILES string of the molecule is CCNC(=NCc1cccc(Cn2cccn2)c1)NCc1sccc1C. The van der Waals surface area contributed by atoms with E-state index in [0.717, 1.165) is 25.6 Å². The lowest BCUT2D eigenvalue weighted by Gasteiger charge is -2.11. The van der Waals surface area contributed by atoms with E-state index in [9.17, 15) is 0 Å². The highest BCUT2D eigenvalue weighted by atomic mass is 32.1. The van der Waals surface area contributed by atoms with Crippen LogP contribution in [0.3, 0.4) is 0 Å². The predicted octanol–water partition coefficient (Wildman–Crippen LogP) is 3.56. The molecular formula is C20H25N5S. The first-order chi connectivity index (χ1) is 12.7. The average Bonchev–Trinajstić information content (AvgIpc) is 3.29. The van der Waals surface area contributed by atoms with Gasteiger partial charge in [0.15, 0.2) is 5.96 Å². The van der Waals surface area contributed by atoms with Gasteiger partial charge in [-0.05, 0) is 48.1 Å². The molecule has 2 N–H and O–H groups in total. The van der Waals surface area contributed by atoms with Crippen LogP contribution in [0.5, 0.6) is 0 Å². The minimum atomic E-state index is 0.645. The fourth-order valence-electron chi connectivity index (χ4n) is 2.67. The van der Waals surface area contributed by atoms with Gasteiger partial charge < -0.3 is 10.6 Å². The molecule has 0 aliphatic heterocycles. The van der Waals surface area contributed by atoms with Gasteiger partial charge in [-0.2, -0.15) is 5.10 Å². The molecule has 0 spiro atoms. The number of nitrogens with zero attached hydrogens (tertiary/aromatic N) is 3. The molecule has 0 fully saturated rings. The van der Waals surface area contributed by atoms with Crippen molar-refractivity contribution in [3.8, 4) is 0 Å². The zero-order chi connectivity index (χ0) is 18.2. The van der Waals surface area contributed by atoms with E-state index in [0.29, 0.717) is 6.54 Å². The second kappa shape index (κ2) is 9.20. The number of aromatic nitrogens is 2. The molecule has 3 rings (SSSR count). The van der Waals surface area contributed by atoms with Crippen LogP contribution in [0.4, 0.5) is 0 Å². The molecule has 0 bridgehead atoms. The van der Waals surface area contributed by atoms with E-state index in [-0.39, 0.29) is 0 Å². The Balaban J connectivity index is 1.62. The van der Waals surface area contributed by atoms with Crippen LogP contribution in [0.25, 0.3) is 0 Å². The molecule has 6 heteroatoms. The van der Waals surface area contributed by atoms with Crippen molar-refractivity contribution in [3.63, 3.8) is 0 Å². The summed E-state index contributed by atoms with van der Waals surface area (Å²) in [7, 11) is 0. The fraction of sp³-hybridized carbons (Fsp3) is 0.300. The summed E-state index contributed by atoms with van der Waals surface area (Å²) in [5.41, 5.74) is 3.75. The van der Waals surface area contributed by atoms with Crippen molar-refractivity contribution < 1.29 is 0 Å². The van der Waals surface area contributed by atoms with E-state index in [1.165, 1.54) is 21.6 Å². The molecule has 0 atom stereocenters. The number of nitrogens with one attached hydrogen (secondary N) is 2. The topological polar surface area (TPSA) is 54.2 Å². The molecule has 2 heterocycles. The van der Waals surface area contributed by atoms with Crippen LogP contribution < -0.4 is 10.6 Å². The van der Waals surface area contributed by atoms with Crippen LogP contribution in [0, 0.1) is 6.92 Å². The Morgan fingerprint density at radius 3 is 2.81 bits per heavy atom. The Morgan fingerprint density at radius 2 is 2.08 bits per heavy atom. The van der Waals surface area contributed by atoms with Crippen molar-refractivity contribution in [1.29, 1.82) is 0 Å². The molecule has 0 saturated carbocycles. The van der Waals surface area contributed by atoms with E-state index < -0.39 is 0 Å². The number of benzene rings is 1. The fourth-order valence-corrected chi connectivity index (χ4v) is 3.51. The molecule has 0 radical (unpaired) electrons. The summed E-state index contributed by atoms with van der Waals surface area (Å²) in [5.74, 6) is 0.845. The highest BCUT2D eigenvalue weighted by Gasteiger charge is 2.03. The monoisotopic (exact) mass is 367 g/mol. The van der Waals surface area contributed by atoms with Gasteiger partial charge in [0.05, 0.1) is 19.6 Å². The second-order valence-electron chi connectivity index (χ2n) is 6.10. The number of hydrogen-bond donors (Lipinski definition) is 2. The Bertz CT molecular complexity index is 836. The van der Waals surface area contributed by atoms with Gasteiger partial charge in [-0.3, -0.25) is 4.68 Å². The maximum Gasteiger partial charge on any atom is 0.191 e.